The molecule has 8 heteroatoms. The molecule has 2 amide bonds. The van der Waals surface area contributed by atoms with Gasteiger partial charge in [0, 0.05) is 23.5 Å². The zero-order valence-electron chi connectivity index (χ0n) is 21.2. The van der Waals surface area contributed by atoms with Crippen molar-refractivity contribution in [3.8, 4) is 5.75 Å². The molecule has 0 fully saturated rings. The van der Waals surface area contributed by atoms with Gasteiger partial charge in [0.15, 0.2) is 0 Å². The van der Waals surface area contributed by atoms with Gasteiger partial charge in [-0.15, -0.1) is 11.3 Å². The standard InChI is InChI=1S/C30H28FN3O3S/c1-19(2)30(36)34-15-14-20-8-13-24(16-25(20)28(34)21-6-4-3-5-7-21)37-17-27-33-26(18-38-27)29(35)32-23-11-9-22(31)10-12-23/h3-13,16,18-19,28H,14-15,17H2,1-2H3,(H,32,35). The number of nitrogens with zero attached hydrogens (tertiary/aromatic N) is 2. The highest BCUT2D eigenvalue weighted by Crippen LogP contribution is 2.38. The fourth-order valence-electron chi connectivity index (χ4n) is 4.60. The molecule has 5 rings (SSSR count). The van der Waals surface area contributed by atoms with Crippen LogP contribution < -0.4 is 10.1 Å². The molecule has 2 heterocycles. The van der Waals surface area contributed by atoms with Crippen molar-refractivity contribution in [3.63, 3.8) is 0 Å². The number of fused-ring (bicyclic) bond motifs is 1. The first-order valence-corrected chi connectivity index (χ1v) is 13.4. The quantitative estimate of drug-likeness (QED) is 0.308. The summed E-state index contributed by atoms with van der Waals surface area (Å²) in [6, 6.07) is 21.5. The lowest BCUT2D eigenvalue weighted by atomic mass is 9.87. The predicted octanol–water partition coefficient (Wildman–Crippen LogP) is 6.24. The number of carbonyl (C=O) groups is 2. The first-order valence-electron chi connectivity index (χ1n) is 12.5. The average molecular weight is 530 g/mol. The van der Waals surface area contributed by atoms with Crippen molar-refractivity contribution in [1.29, 1.82) is 0 Å². The number of anilines is 1. The summed E-state index contributed by atoms with van der Waals surface area (Å²) in [6.45, 7) is 4.74. The smallest absolute Gasteiger partial charge is 0.275 e. The third-order valence-electron chi connectivity index (χ3n) is 6.49. The monoisotopic (exact) mass is 529 g/mol. The summed E-state index contributed by atoms with van der Waals surface area (Å²) in [4.78, 5) is 32.0. The maximum Gasteiger partial charge on any atom is 0.275 e. The Kier molecular flexibility index (Phi) is 7.51. The van der Waals surface area contributed by atoms with E-state index < -0.39 is 0 Å². The molecule has 1 atom stereocenters. The molecule has 1 aromatic heterocycles. The fraction of sp³-hybridized carbons (Fsp3) is 0.233. The van der Waals surface area contributed by atoms with Crippen molar-refractivity contribution >= 4 is 28.8 Å². The molecular formula is C30H28FN3O3S. The van der Waals surface area contributed by atoms with Crippen molar-refractivity contribution in [2.24, 2.45) is 5.92 Å². The molecule has 6 nitrogen and oxygen atoms in total. The molecule has 1 aliphatic heterocycles. The van der Waals surface area contributed by atoms with Crippen molar-refractivity contribution in [2.45, 2.75) is 32.9 Å². The van der Waals surface area contributed by atoms with Gasteiger partial charge in [-0.1, -0.05) is 50.2 Å². The summed E-state index contributed by atoms with van der Waals surface area (Å²) in [7, 11) is 0. The lowest BCUT2D eigenvalue weighted by Crippen LogP contribution is -2.42. The van der Waals surface area contributed by atoms with Crippen molar-refractivity contribution in [1.82, 2.24) is 9.88 Å². The molecule has 0 bridgehead atoms. The van der Waals surface area contributed by atoms with Gasteiger partial charge in [0.05, 0.1) is 6.04 Å². The molecule has 0 spiro atoms. The summed E-state index contributed by atoms with van der Waals surface area (Å²) in [5.74, 6) is -0.0243. The van der Waals surface area contributed by atoms with Crippen LogP contribution in [0.4, 0.5) is 10.1 Å². The summed E-state index contributed by atoms with van der Waals surface area (Å²) in [5.41, 5.74) is 4.10. The first-order chi connectivity index (χ1) is 18.4. The number of aromatic nitrogens is 1. The summed E-state index contributed by atoms with van der Waals surface area (Å²) >= 11 is 1.33. The van der Waals surface area contributed by atoms with E-state index in [-0.39, 0.29) is 41.9 Å². The number of hydrogen-bond acceptors (Lipinski definition) is 5. The normalized spacial score (nSPS) is 14.7. The number of nitrogens with one attached hydrogen (secondary N) is 1. The molecule has 1 aliphatic rings. The minimum atomic E-state index is -0.368. The van der Waals surface area contributed by atoms with E-state index in [1.165, 1.54) is 41.2 Å². The minimum Gasteiger partial charge on any atom is -0.486 e. The highest BCUT2D eigenvalue weighted by molar-refractivity contribution is 7.09. The molecule has 194 valence electrons. The Hall–Kier alpha value is -4.04. The third kappa shape index (κ3) is 5.60. The van der Waals surface area contributed by atoms with Gasteiger partial charge in [-0.25, -0.2) is 9.37 Å². The van der Waals surface area contributed by atoms with Gasteiger partial charge in [-0.2, -0.15) is 0 Å². The van der Waals surface area contributed by atoms with Crippen LogP contribution in [0.5, 0.6) is 5.75 Å². The lowest BCUT2D eigenvalue weighted by Gasteiger charge is -2.39. The van der Waals surface area contributed by atoms with Crippen molar-refractivity contribution in [2.75, 3.05) is 11.9 Å². The van der Waals surface area contributed by atoms with Gasteiger partial charge >= 0.3 is 0 Å². The van der Waals surface area contributed by atoms with Gasteiger partial charge in [0.2, 0.25) is 5.91 Å². The van der Waals surface area contributed by atoms with Crippen molar-refractivity contribution in [3.05, 3.63) is 111 Å². The molecule has 0 aliphatic carbocycles. The van der Waals surface area contributed by atoms with E-state index >= 15 is 0 Å². The fourth-order valence-corrected chi connectivity index (χ4v) is 5.29. The van der Waals surface area contributed by atoms with Crippen molar-refractivity contribution < 1.29 is 18.7 Å². The molecule has 1 unspecified atom stereocenters. The Bertz CT molecular complexity index is 1440. The highest BCUT2D eigenvalue weighted by atomic mass is 32.1. The first kappa shape index (κ1) is 25.6. The number of halogens is 1. The maximum atomic E-state index is 13.1. The van der Waals surface area contributed by atoms with Crippen LogP contribution in [0.15, 0.2) is 78.2 Å². The van der Waals surface area contributed by atoms with E-state index in [9.17, 15) is 14.0 Å². The number of hydrogen-bond donors (Lipinski definition) is 1. The van der Waals surface area contributed by atoms with E-state index in [0.717, 1.165) is 17.5 Å². The summed E-state index contributed by atoms with van der Waals surface area (Å²) in [6.07, 6.45) is 0.788. The Morgan fingerprint density at radius 2 is 1.87 bits per heavy atom. The number of rotatable bonds is 7. The summed E-state index contributed by atoms with van der Waals surface area (Å²) in [5, 5.41) is 5.04. The van der Waals surface area contributed by atoms with Gasteiger partial charge in [-0.05, 0) is 59.5 Å². The number of benzene rings is 3. The van der Waals surface area contributed by atoms with Gasteiger partial charge < -0.3 is 15.0 Å². The van der Waals surface area contributed by atoms with Gasteiger partial charge in [0.1, 0.15) is 28.9 Å². The largest absolute Gasteiger partial charge is 0.486 e. The number of carbonyl (C=O) groups excluding carboxylic acids is 2. The van der Waals surface area contributed by atoms with E-state index in [4.69, 9.17) is 4.74 Å². The second-order valence-corrected chi connectivity index (χ2v) is 10.4. The molecule has 1 N–H and O–H groups in total. The Morgan fingerprint density at radius 3 is 2.61 bits per heavy atom. The third-order valence-corrected chi connectivity index (χ3v) is 7.31. The Balaban J connectivity index is 1.32. The molecule has 4 aromatic rings. The van der Waals surface area contributed by atoms with E-state index in [1.807, 2.05) is 49.1 Å². The minimum absolute atomic E-state index is 0.0958. The van der Waals surface area contributed by atoms with Crippen LogP contribution in [0.1, 0.15) is 52.1 Å². The van der Waals surface area contributed by atoms with Gasteiger partial charge in [-0.3, -0.25) is 9.59 Å². The zero-order valence-corrected chi connectivity index (χ0v) is 22.0. The SMILES string of the molecule is CC(C)C(=O)N1CCc2ccc(OCc3nc(C(=O)Nc4ccc(F)cc4)cs3)cc2C1c1ccccc1. The van der Waals surface area contributed by atoms with Crippen LogP contribution in [0.3, 0.4) is 0 Å². The number of thiazole rings is 1. The van der Waals surface area contributed by atoms with Crippen LogP contribution in [-0.4, -0.2) is 28.2 Å². The van der Waals surface area contributed by atoms with Gasteiger partial charge in [0.25, 0.3) is 5.91 Å². The molecule has 38 heavy (non-hydrogen) atoms. The lowest BCUT2D eigenvalue weighted by molar-refractivity contribution is -0.136. The van der Waals surface area contributed by atoms with Crippen LogP contribution in [0.25, 0.3) is 0 Å². The number of amides is 2. The molecule has 0 radical (unpaired) electrons. The molecule has 0 saturated carbocycles. The molecule has 3 aromatic carbocycles. The Morgan fingerprint density at radius 1 is 1.11 bits per heavy atom. The van der Waals surface area contributed by atoms with E-state index in [2.05, 4.69) is 28.5 Å². The topological polar surface area (TPSA) is 71.5 Å². The Labute approximate surface area is 225 Å². The van der Waals surface area contributed by atoms with Crippen LogP contribution in [0.2, 0.25) is 0 Å². The second kappa shape index (κ2) is 11.1. The second-order valence-electron chi connectivity index (χ2n) is 9.49. The van der Waals surface area contributed by atoms with Crippen LogP contribution in [-0.2, 0) is 17.8 Å². The maximum absolute atomic E-state index is 13.1. The molecule has 0 saturated heterocycles. The predicted molar refractivity (Wildman–Crippen MR) is 146 cm³/mol. The van der Waals surface area contributed by atoms with E-state index in [1.54, 1.807) is 5.38 Å². The highest BCUT2D eigenvalue weighted by Gasteiger charge is 2.33. The zero-order chi connectivity index (χ0) is 26.6. The van der Waals surface area contributed by atoms with E-state index in [0.29, 0.717) is 23.0 Å². The summed E-state index contributed by atoms with van der Waals surface area (Å²) < 4.78 is 19.2. The van der Waals surface area contributed by atoms with Crippen LogP contribution >= 0.6 is 11.3 Å². The van der Waals surface area contributed by atoms with Crippen LogP contribution in [0, 0.1) is 11.7 Å². The average Bonchev–Trinajstić information content (AvgIpc) is 3.42. The molecular weight excluding hydrogens is 501 g/mol. The number of ether oxygens (including phenoxy) is 1.